The Morgan fingerprint density at radius 1 is 1.33 bits per heavy atom. The third-order valence-electron chi connectivity index (χ3n) is 3.45. The maximum absolute atomic E-state index is 13.7. The van der Waals surface area contributed by atoms with Crippen LogP contribution < -0.4 is 0 Å². The molecule has 21 heavy (non-hydrogen) atoms. The van der Waals surface area contributed by atoms with Crippen molar-refractivity contribution in [3.8, 4) is 0 Å². The molecule has 0 aliphatic carbocycles. The van der Waals surface area contributed by atoms with Crippen LogP contribution in [0, 0.1) is 12.7 Å². The zero-order valence-electron chi connectivity index (χ0n) is 11.3. The molecule has 0 atom stereocenters. The van der Waals surface area contributed by atoms with Crippen LogP contribution in [-0.4, -0.2) is 14.5 Å². The van der Waals surface area contributed by atoms with Gasteiger partial charge in [0.05, 0.1) is 21.9 Å². The van der Waals surface area contributed by atoms with Gasteiger partial charge in [-0.2, -0.15) is 0 Å². The molecule has 0 aliphatic rings. The topological polar surface area (TPSA) is 30.7 Å². The first-order valence-electron chi connectivity index (χ1n) is 6.39. The standard InChI is InChI=1S/C15H12Cl2FN3/c1-9-7-19-3-2-10(9)8-21-14-5-12(18)11(17)4-13(14)20-15(21)6-16/h2-5,7H,6,8H2,1H3. The van der Waals surface area contributed by atoms with Gasteiger partial charge in [0.2, 0.25) is 0 Å². The van der Waals surface area contributed by atoms with E-state index in [-0.39, 0.29) is 10.9 Å². The molecule has 6 heteroatoms. The summed E-state index contributed by atoms with van der Waals surface area (Å²) in [6, 6.07) is 4.86. The molecule has 0 fully saturated rings. The second-order valence-corrected chi connectivity index (χ2v) is 5.48. The number of halogens is 3. The molecular weight excluding hydrogens is 312 g/mol. The first-order chi connectivity index (χ1) is 10.1. The summed E-state index contributed by atoms with van der Waals surface area (Å²) in [4.78, 5) is 8.50. The summed E-state index contributed by atoms with van der Waals surface area (Å²) in [5.41, 5.74) is 3.48. The normalized spacial score (nSPS) is 11.2. The number of pyridine rings is 1. The van der Waals surface area contributed by atoms with Gasteiger partial charge >= 0.3 is 0 Å². The third kappa shape index (κ3) is 2.61. The van der Waals surface area contributed by atoms with Crippen LogP contribution in [0.5, 0.6) is 0 Å². The third-order valence-corrected chi connectivity index (χ3v) is 3.98. The number of rotatable bonds is 3. The second-order valence-electron chi connectivity index (χ2n) is 4.80. The van der Waals surface area contributed by atoms with Gasteiger partial charge in [-0.05, 0) is 30.2 Å². The lowest BCUT2D eigenvalue weighted by Crippen LogP contribution is -2.05. The summed E-state index contributed by atoms with van der Waals surface area (Å²) in [6.45, 7) is 2.55. The number of alkyl halides is 1. The average Bonchev–Trinajstić information content (AvgIpc) is 2.79. The lowest BCUT2D eigenvalue weighted by Gasteiger charge is -2.10. The molecule has 108 valence electrons. The molecule has 0 radical (unpaired) electrons. The summed E-state index contributed by atoms with van der Waals surface area (Å²) in [5.74, 6) is 0.473. The SMILES string of the molecule is Cc1cnccc1Cn1c(CCl)nc2cc(Cl)c(F)cc21. The van der Waals surface area contributed by atoms with Gasteiger partial charge in [-0.3, -0.25) is 4.98 Å². The van der Waals surface area contributed by atoms with Gasteiger partial charge in [0, 0.05) is 25.0 Å². The fourth-order valence-electron chi connectivity index (χ4n) is 2.30. The van der Waals surface area contributed by atoms with E-state index in [9.17, 15) is 4.39 Å². The number of nitrogens with zero attached hydrogens (tertiary/aromatic N) is 3. The number of imidazole rings is 1. The Morgan fingerprint density at radius 2 is 2.14 bits per heavy atom. The summed E-state index contributed by atoms with van der Waals surface area (Å²) in [6.07, 6.45) is 3.53. The number of aromatic nitrogens is 3. The van der Waals surface area contributed by atoms with Gasteiger partial charge in [0.15, 0.2) is 0 Å². The highest BCUT2D eigenvalue weighted by Gasteiger charge is 2.14. The first-order valence-corrected chi connectivity index (χ1v) is 7.31. The molecule has 0 amide bonds. The molecule has 0 aliphatic heterocycles. The van der Waals surface area contributed by atoms with Crippen molar-refractivity contribution in [2.45, 2.75) is 19.3 Å². The van der Waals surface area contributed by atoms with E-state index in [1.807, 2.05) is 17.6 Å². The van der Waals surface area contributed by atoms with Crippen LogP contribution in [-0.2, 0) is 12.4 Å². The molecule has 0 unspecified atom stereocenters. The number of benzene rings is 1. The lowest BCUT2D eigenvalue weighted by atomic mass is 10.1. The van der Waals surface area contributed by atoms with Gasteiger partial charge < -0.3 is 4.57 Å². The predicted octanol–water partition coefficient (Wildman–Crippen LogP) is 4.32. The highest BCUT2D eigenvalue weighted by Crippen LogP contribution is 2.25. The van der Waals surface area contributed by atoms with Crippen molar-refractivity contribution < 1.29 is 4.39 Å². The van der Waals surface area contributed by atoms with E-state index in [0.717, 1.165) is 11.1 Å². The summed E-state index contributed by atoms with van der Waals surface area (Å²) >= 11 is 11.8. The van der Waals surface area contributed by atoms with E-state index in [2.05, 4.69) is 9.97 Å². The minimum Gasteiger partial charge on any atom is -0.322 e. The first kappa shape index (κ1) is 14.3. The molecule has 0 saturated carbocycles. The van der Waals surface area contributed by atoms with Crippen LogP contribution in [0.15, 0.2) is 30.6 Å². The second kappa shape index (κ2) is 5.62. The van der Waals surface area contributed by atoms with Crippen molar-refractivity contribution in [2.24, 2.45) is 0 Å². The van der Waals surface area contributed by atoms with Crippen LogP contribution in [0.4, 0.5) is 4.39 Å². The molecule has 0 spiro atoms. The van der Waals surface area contributed by atoms with Gasteiger partial charge in [0.25, 0.3) is 0 Å². The lowest BCUT2D eigenvalue weighted by molar-refractivity contribution is 0.628. The van der Waals surface area contributed by atoms with Gasteiger partial charge in [-0.25, -0.2) is 9.37 Å². The fourth-order valence-corrected chi connectivity index (χ4v) is 2.66. The van der Waals surface area contributed by atoms with Crippen molar-refractivity contribution in [1.29, 1.82) is 0 Å². The summed E-state index contributed by atoms with van der Waals surface area (Å²) in [5, 5.41) is 0.0633. The Balaban J connectivity index is 2.16. The molecule has 3 nitrogen and oxygen atoms in total. The zero-order chi connectivity index (χ0) is 15.0. The van der Waals surface area contributed by atoms with Gasteiger partial charge in [-0.15, -0.1) is 11.6 Å². The minimum atomic E-state index is -0.460. The van der Waals surface area contributed by atoms with E-state index >= 15 is 0 Å². The van der Waals surface area contributed by atoms with Crippen LogP contribution >= 0.6 is 23.2 Å². The number of hydrogen-bond donors (Lipinski definition) is 0. The van der Waals surface area contributed by atoms with Crippen molar-refractivity contribution >= 4 is 34.2 Å². The maximum Gasteiger partial charge on any atom is 0.144 e. The number of fused-ring (bicyclic) bond motifs is 1. The molecule has 0 saturated heterocycles. The molecular formula is C15H12Cl2FN3. The van der Waals surface area contributed by atoms with Gasteiger partial charge in [-0.1, -0.05) is 11.6 Å². The largest absolute Gasteiger partial charge is 0.322 e. The van der Waals surface area contributed by atoms with Crippen molar-refractivity contribution in [3.63, 3.8) is 0 Å². The molecule has 3 aromatic rings. The Labute approximate surface area is 131 Å². The summed E-state index contributed by atoms with van der Waals surface area (Å²) in [7, 11) is 0. The molecule has 2 aromatic heterocycles. The van der Waals surface area contributed by atoms with E-state index in [1.165, 1.54) is 12.1 Å². The fraction of sp³-hybridized carbons (Fsp3) is 0.200. The molecule has 1 aromatic carbocycles. The highest BCUT2D eigenvalue weighted by molar-refractivity contribution is 6.31. The van der Waals surface area contributed by atoms with Crippen molar-refractivity contribution in [1.82, 2.24) is 14.5 Å². The predicted molar refractivity (Wildman–Crippen MR) is 82.3 cm³/mol. The van der Waals surface area contributed by atoms with E-state index in [1.54, 1.807) is 12.4 Å². The van der Waals surface area contributed by atoms with E-state index in [0.29, 0.717) is 23.4 Å². The minimum absolute atomic E-state index is 0.0633. The van der Waals surface area contributed by atoms with Crippen LogP contribution in [0.3, 0.4) is 0 Å². The highest BCUT2D eigenvalue weighted by atomic mass is 35.5. The molecule has 0 bridgehead atoms. The molecule has 0 N–H and O–H groups in total. The van der Waals surface area contributed by atoms with Crippen molar-refractivity contribution in [2.75, 3.05) is 0 Å². The van der Waals surface area contributed by atoms with Crippen molar-refractivity contribution in [3.05, 3.63) is 58.4 Å². The van der Waals surface area contributed by atoms with Crippen LogP contribution in [0.2, 0.25) is 5.02 Å². The van der Waals surface area contributed by atoms with Crippen LogP contribution in [0.25, 0.3) is 11.0 Å². The average molecular weight is 324 g/mol. The number of aryl methyl sites for hydroxylation is 1. The summed E-state index contributed by atoms with van der Waals surface area (Å²) < 4.78 is 15.7. The molecule has 3 rings (SSSR count). The Kier molecular flexibility index (Phi) is 3.83. The van der Waals surface area contributed by atoms with E-state index in [4.69, 9.17) is 23.2 Å². The quantitative estimate of drug-likeness (QED) is 0.672. The smallest absolute Gasteiger partial charge is 0.144 e. The van der Waals surface area contributed by atoms with Gasteiger partial charge in [0.1, 0.15) is 11.6 Å². The molecule has 2 heterocycles. The van der Waals surface area contributed by atoms with E-state index < -0.39 is 5.82 Å². The zero-order valence-corrected chi connectivity index (χ0v) is 12.8. The Hall–Kier alpha value is -1.65. The number of hydrogen-bond acceptors (Lipinski definition) is 2. The Bertz CT molecular complexity index is 814. The van der Waals surface area contributed by atoms with Crippen LogP contribution in [0.1, 0.15) is 17.0 Å². The Morgan fingerprint density at radius 3 is 2.86 bits per heavy atom. The monoisotopic (exact) mass is 323 g/mol. The maximum atomic E-state index is 13.7.